The summed E-state index contributed by atoms with van der Waals surface area (Å²) in [5.74, 6) is -2.32. The Morgan fingerprint density at radius 3 is 2.41 bits per heavy atom. The smallest absolute Gasteiger partial charge is 0.362 e. The topological polar surface area (TPSA) is 97.5 Å². The second kappa shape index (κ2) is 8.35. The molecule has 0 aliphatic carbocycles. The van der Waals surface area contributed by atoms with Gasteiger partial charge in [0.05, 0.1) is 30.0 Å². The van der Waals surface area contributed by atoms with Gasteiger partial charge in [0.15, 0.2) is 0 Å². The Balaban J connectivity index is 3.10. The number of benzene rings is 1. The lowest BCUT2D eigenvalue weighted by Crippen LogP contribution is -2.09. The van der Waals surface area contributed by atoms with Crippen LogP contribution in [0.1, 0.15) is 6.42 Å². The van der Waals surface area contributed by atoms with Crippen LogP contribution in [0.5, 0.6) is 0 Å². The monoisotopic (exact) mass is 346 g/mol. The SMILES string of the molecule is COC(=O)CC(O)=C(N=Nc1ccc(Cl)c(Cl)c1)C(=O)OC. The van der Waals surface area contributed by atoms with Crippen molar-refractivity contribution in [3.05, 3.63) is 39.7 Å². The molecule has 118 valence electrons. The quantitative estimate of drug-likeness (QED) is 0.380. The second-order valence-electron chi connectivity index (χ2n) is 3.84. The molecule has 0 fully saturated rings. The van der Waals surface area contributed by atoms with Gasteiger partial charge in [0.1, 0.15) is 12.2 Å². The summed E-state index contributed by atoms with van der Waals surface area (Å²) in [6.45, 7) is 0. The fraction of sp³-hybridized carbons (Fsp3) is 0.231. The second-order valence-corrected chi connectivity index (χ2v) is 4.65. The highest BCUT2D eigenvalue weighted by atomic mass is 35.5. The van der Waals surface area contributed by atoms with Gasteiger partial charge in [-0.05, 0) is 18.2 Å². The van der Waals surface area contributed by atoms with Crippen molar-refractivity contribution in [3.63, 3.8) is 0 Å². The van der Waals surface area contributed by atoms with Crippen LogP contribution in [0.4, 0.5) is 5.69 Å². The lowest BCUT2D eigenvalue weighted by molar-refractivity contribution is -0.140. The average molecular weight is 347 g/mol. The molecule has 0 aliphatic rings. The van der Waals surface area contributed by atoms with Gasteiger partial charge < -0.3 is 14.6 Å². The van der Waals surface area contributed by atoms with Crippen LogP contribution < -0.4 is 0 Å². The van der Waals surface area contributed by atoms with Crippen LogP contribution in [0.15, 0.2) is 39.9 Å². The molecule has 0 saturated carbocycles. The molecule has 0 aromatic heterocycles. The third-order valence-electron chi connectivity index (χ3n) is 2.36. The van der Waals surface area contributed by atoms with Crippen LogP contribution >= 0.6 is 23.2 Å². The summed E-state index contributed by atoms with van der Waals surface area (Å²) in [5.41, 5.74) is -0.222. The molecular weight excluding hydrogens is 335 g/mol. The Morgan fingerprint density at radius 2 is 1.86 bits per heavy atom. The fourth-order valence-electron chi connectivity index (χ4n) is 1.26. The van der Waals surface area contributed by atoms with Crippen molar-refractivity contribution in [1.29, 1.82) is 0 Å². The number of carbonyl (C=O) groups excluding carboxylic acids is 2. The number of halogens is 2. The number of nitrogens with zero attached hydrogens (tertiary/aromatic N) is 2. The normalized spacial score (nSPS) is 12.0. The lowest BCUT2D eigenvalue weighted by atomic mass is 10.3. The zero-order valence-electron chi connectivity index (χ0n) is 11.7. The zero-order chi connectivity index (χ0) is 16.7. The number of ether oxygens (including phenoxy) is 2. The summed E-state index contributed by atoms with van der Waals surface area (Å²) >= 11 is 11.6. The van der Waals surface area contributed by atoms with Gasteiger partial charge in [-0.1, -0.05) is 23.2 Å². The molecule has 22 heavy (non-hydrogen) atoms. The first-order chi connectivity index (χ1) is 10.4. The van der Waals surface area contributed by atoms with Crippen LogP contribution in [0.2, 0.25) is 10.0 Å². The lowest BCUT2D eigenvalue weighted by Gasteiger charge is -2.03. The maximum atomic E-state index is 11.6. The molecule has 1 rings (SSSR count). The molecule has 1 aromatic rings. The molecule has 0 heterocycles. The number of azo groups is 1. The minimum atomic E-state index is -0.954. The summed E-state index contributed by atoms with van der Waals surface area (Å²) in [5, 5.41) is 17.7. The highest BCUT2D eigenvalue weighted by Gasteiger charge is 2.18. The minimum absolute atomic E-state index is 0.250. The number of hydrogen-bond donors (Lipinski definition) is 1. The van der Waals surface area contributed by atoms with E-state index in [1.807, 2.05) is 0 Å². The van der Waals surface area contributed by atoms with Crippen molar-refractivity contribution in [3.8, 4) is 0 Å². The van der Waals surface area contributed by atoms with Crippen molar-refractivity contribution in [2.45, 2.75) is 6.42 Å². The van der Waals surface area contributed by atoms with Crippen molar-refractivity contribution >= 4 is 40.8 Å². The fourth-order valence-corrected chi connectivity index (χ4v) is 1.55. The zero-order valence-corrected chi connectivity index (χ0v) is 13.2. The molecule has 9 heteroatoms. The Hall–Kier alpha value is -2.12. The van der Waals surface area contributed by atoms with Crippen molar-refractivity contribution < 1.29 is 24.2 Å². The van der Waals surface area contributed by atoms with Crippen molar-refractivity contribution in [2.75, 3.05) is 14.2 Å². The van der Waals surface area contributed by atoms with Crippen LogP contribution in [0, 0.1) is 0 Å². The predicted molar refractivity (Wildman–Crippen MR) is 79.3 cm³/mol. The van der Waals surface area contributed by atoms with Crippen LogP contribution in [0.3, 0.4) is 0 Å². The Morgan fingerprint density at radius 1 is 1.18 bits per heavy atom. The van der Waals surface area contributed by atoms with E-state index >= 15 is 0 Å². The highest BCUT2D eigenvalue weighted by Crippen LogP contribution is 2.27. The summed E-state index contributed by atoms with van der Waals surface area (Å²) < 4.78 is 8.86. The van der Waals surface area contributed by atoms with Crippen LogP contribution in [-0.2, 0) is 19.1 Å². The molecule has 1 aromatic carbocycles. The molecule has 0 saturated heterocycles. The Bertz CT molecular complexity index is 643. The van der Waals surface area contributed by atoms with E-state index in [-0.39, 0.29) is 5.02 Å². The first-order valence-electron chi connectivity index (χ1n) is 5.83. The molecular formula is C13H12Cl2N2O5. The van der Waals surface area contributed by atoms with Gasteiger partial charge in [-0.2, -0.15) is 5.11 Å². The van der Waals surface area contributed by atoms with Crippen molar-refractivity contribution in [2.24, 2.45) is 10.2 Å². The number of rotatable bonds is 5. The van der Waals surface area contributed by atoms with E-state index in [9.17, 15) is 14.7 Å². The van der Waals surface area contributed by atoms with E-state index in [1.165, 1.54) is 18.2 Å². The standard InChI is InChI=1S/C13H12Cl2N2O5/c1-21-11(19)6-10(18)12(13(20)22-2)17-16-7-3-4-8(14)9(15)5-7/h3-5,18H,6H2,1-2H3. The van der Waals surface area contributed by atoms with Gasteiger partial charge in [0, 0.05) is 0 Å². The Kier molecular flexibility index (Phi) is 6.81. The van der Waals surface area contributed by atoms with Gasteiger partial charge >= 0.3 is 11.9 Å². The predicted octanol–water partition coefficient (Wildman–Crippen LogP) is 3.58. The third kappa shape index (κ3) is 5.01. The maximum absolute atomic E-state index is 11.6. The molecule has 7 nitrogen and oxygen atoms in total. The summed E-state index contributed by atoms with van der Waals surface area (Å²) in [6.07, 6.45) is -0.540. The van der Waals surface area contributed by atoms with Crippen LogP contribution in [0.25, 0.3) is 0 Å². The largest absolute Gasteiger partial charge is 0.509 e. The number of methoxy groups -OCH3 is 2. The van der Waals surface area contributed by atoms with E-state index in [1.54, 1.807) is 0 Å². The van der Waals surface area contributed by atoms with E-state index in [4.69, 9.17) is 23.2 Å². The van der Waals surface area contributed by atoms with Crippen LogP contribution in [-0.4, -0.2) is 31.3 Å². The minimum Gasteiger partial charge on any atom is -0.509 e. The summed E-state index contributed by atoms with van der Waals surface area (Å²) in [6, 6.07) is 4.41. The molecule has 0 unspecified atom stereocenters. The van der Waals surface area contributed by atoms with E-state index < -0.39 is 29.8 Å². The number of aliphatic hydroxyl groups is 1. The van der Waals surface area contributed by atoms with E-state index in [2.05, 4.69) is 19.7 Å². The molecule has 0 radical (unpaired) electrons. The summed E-state index contributed by atoms with van der Waals surface area (Å²) in [7, 11) is 2.24. The molecule has 1 N–H and O–H groups in total. The molecule has 0 bridgehead atoms. The number of hydrogen-bond acceptors (Lipinski definition) is 7. The van der Waals surface area contributed by atoms with E-state index in [0.29, 0.717) is 10.7 Å². The first kappa shape index (κ1) is 17.9. The molecule has 0 amide bonds. The van der Waals surface area contributed by atoms with E-state index in [0.717, 1.165) is 14.2 Å². The van der Waals surface area contributed by atoms with Gasteiger partial charge in [-0.25, -0.2) is 4.79 Å². The maximum Gasteiger partial charge on any atom is 0.362 e. The van der Waals surface area contributed by atoms with Crippen molar-refractivity contribution in [1.82, 2.24) is 0 Å². The highest BCUT2D eigenvalue weighted by molar-refractivity contribution is 6.42. The summed E-state index contributed by atoms with van der Waals surface area (Å²) in [4.78, 5) is 22.7. The first-order valence-corrected chi connectivity index (χ1v) is 6.58. The average Bonchev–Trinajstić information content (AvgIpc) is 2.50. The molecule has 0 spiro atoms. The van der Waals surface area contributed by atoms with Gasteiger partial charge in [0.25, 0.3) is 0 Å². The van der Waals surface area contributed by atoms with Gasteiger partial charge in [-0.3, -0.25) is 4.79 Å². The van der Waals surface area contributed by atoms with Gasteiger partial charge in [0.2, 0.25) is 5.70 Å². The molecule has 0 aliphatic heterocycles. The number of aliphatic hydroxyl groups excluding tert-OH is 1. The number of carbonyl (C=O) groups is 2. The number of esters is 2. The Labute approximate surface area is 136 Å². The van der Waals surface area contributed by atoms with Gasteiger partial charge in [-0.15, -0.1) is 5.11 Å². The third-order valence-corrected chi connectivity index (χ3v) is 3.10. The molecule has 0 atom stereocenters.